The van der Waals surface area contributed by atoms with E-state index in [1.165, 1.54) is 0 Å². The number of aromatic nitrogens is 4. The molecule has 3 aromatic rings. The molecule has 2 aliphatic heterocycles. The van der Waals surface area contributed by atoms with E-state index >= 15 is 0 Å². The van der Waals surface area contributed by atoms with E-state index in [9.17, 15) is 5.11 Å². The molecule has 5 rings (SSSR count). The number of anilines is 1. The minimum absolute atomic E-state index is 0.0150. The third-order valence-electron chi connectivity index (χ3n) is 5.63. The van der Waals surface area contributed by atoms with Gasteiger partial charge in [0.25, 0.3) is 0 Å². The molecule has 4 heterocycles. The minimum Gasteiger partial charge on any atom is -0.394 e. The van der Waals surface area contributed by atoms with Crippen LogP contribution >= 0.6 is 11.6 Å². The summed E-state index contributed by atoms with van der Waals surface area (Å²) in [5.41, 5.74) is 2.19. The first kappa shape index (κ1) is 20.6. The summed E-state index contributed by atoms with van der Waals surface area (Å²) < 4.78 is 19.8. The molecule has 2 aliphatic rings. The standard InChI is InChI=1S/C21H24ClN5O4/c1-11(12-7-5-4-6-8-12)24-17-14-18(26-20(22)25-17)27(10-23-14)19-16-15(13(9-28)29-19)30-21(2,3)31-16/h4-8,10-11,13,15-16,19,28H,9H2,1-3H3,(H,24,25,26)/t11?,13-,15-,16-,19-/m1/s1. The molecular weight excluding hydrogens is 422 g/mol. The van der Waals surface area contributed by atoms with Crippen LogP contribution < -0.4 is 5.32 Å². The van der Waals surface area contributed by atoms with Crippen LogP contribution in [0.4, 0.5) is 5.82 Å². The lowest BCUT2D eigenvalue weighted by molar-refractivity contribution is -0.199. The van der Waals surface area contributed by atoms with E-state index in [-0.39, 0.29) is 17.9 Å². The molecule has 1 aromatic carbocycles. The van der Waals surface area contributed by atoms with Crippen LogP contribution in [0.5, 0.6) is 0 Å². The number of benzene rings is 1. The molecular formula is C21H24ClN5O4. The van der Waals surface area contributed by atoms with E-state index in [1.807, 2.05) is 51.1 Å². The van der Waals surface area contributed by atoms with Crippen LogP contribution in [-0.2, 0) is 14.2 Å². The lowest BCUT2D eigenvalue weighted by Crippen LogP contribution is -2.31. The Labute approximate surface area is 184 Å². The molecule has 2 fully saturated rings. The van der Waals surface area contributed by atoms with Crippen molar-refractivity contribution in [2.75, 3.05) is 11.9 Å². The summed E-state index contributed by atoms with van der Waals surface area (Å²) >= 11 is 6.26. The lowest BCUT2D eigenvalue weighted by atomic mass is 10.1. The molecule has 9 nitrogen and oxygen atoms in total. The number of fused-ring (bicyclic) bond motifs is 2. The van der Waals surface area contributed by atoms with E-state index in [2.05, 4.69) is 20.3 Å². The summed E-state index contributed by atoms with van der Waals surface area (Å²) in [7, 11) is 0. The third-order valence-corrected chi connectivity index (χ3v) is 5.80. The summed E-state index contributed by atoms with van der Waals surface area (Å²) in [6, 6.07) is 10.0. The highest BCUT2D eigenvalue weighted by Crippen LogP contribution is 2.43. The van der Waals surface area contributed by atoms with Gasteiger partial charge in [-0.25, -0.2) is 4.98 Å². The topological polar surface area (TPSA) is 104 Å². The summed E-state index contributed by atoms with van der Waals surface area (Å²) in [4.78, 5) is 13.3. The van der Waals surface area contributed by atoms with Crippen molar-refractivity contribution in [2.24, 2.45) is 0 Å². The predicted octanol–water partition coefficient (Wildman–Crippen LogP) is 3.06. The molecule has 0 bridgehead atoms. The van der Waals surface area contributed by atoms with Gasteiger partial charge in [-0.3, -0.25) is 4.57 Å². The average Bonchev–Trinajstić information content (AvgIpc) is 3.39. The van der Waals surface area contributed by atoms with E-state index in [0.29, 0.717) is 17.0 Å². The summed E-state index contributed by atoms with van der Waals surface area (Å²) in [5, 5.41) is 13.2. The Morgan fingerprint density at radius 3 is 2.68 bits per heavy atom. The van der Waals surface area contributed by atoms with Crippen LogP contribution in [0, 0.1) is 0 Å². The van der Waals surface area contributed by atoms with Gasteiger partial charge < -0.3 is 24.6 Å². The Kier molecular flexibility index (Phi) is 5.10. The van der Waals surface area contributed by atoms with Crippen LogP contribution in [-0.4, -0.2) is 55.3 Å². The van der Waals surface area contributed by atoms with Crippen LogP contribution in [0.25, 0.3) is 11.2 Å². The molecule has 0 saturated carbocycles. The van der Waals surface area contributed by atoms with Crippen molar-refractivity contribution in [2.45, 2.75) is 57.1 Å². The van der Waals surface area contributed by atoms with Crippen molar-refractivity contribution >= 4 is 28.6 Å². The molecule has 1 unspecified atom stereocenters. The molecule has 0 radical (unpaired) electrons. The van der Waals surface area contributed by atoms with Crippen molar-refractivity contribution in [1.29, 1.82) is 0 Å². The molecule has 10 heteroatoms. The highest BCUT2D eigenvalue weighted by Gasteiger charge is 2.56. The van der Waals surface area contributed by atoms with E-state index in [4.69, 9.17) is 25.8 Å². The number of aliphatic hydroxyl groups is 1. The maximum absolute atomic E-state index is 9.77. The van der Waals surface area contributed by atoms with Gasteiger partial charge in [-0.15, -0.1) is 0 Å². The first-order valence-electron chi connectivity index (χ1n) is 10.2. The Hall–Kier alpha value is -2.30. The molecule has 0 aliphatic carbocycles. The number of nitrogens with zero attached hydrogens (tertiary/aromatic N) is 4. The number of aliphatic hydroxyl groups excluding tert-OH is 1. The largest absolute Gasteiger partial charge is 0.394 e. The Morgan fingerprint density at radius 1 is 1.19 bits per heavy atom. The first-order valence-corrected chi connectivity index (χ1v) is 10.6. The highest BCUT2D eigenvalue weighted by molar-refractivity contribution is 6.28. The Balaban J connectivity index is 1.50. The smallest absolute Gasteiger partial charge is 0.226 e. The molecule has 2 N–H and O–H groups in total. The van der Waals surface area contributed by atoms with Crippen molar-refractivity contribution in [3.05, 3.63) is 47.5 Å². The van der Waals surface area contributed by atoms with Gasteiger partial charge in [-0.1, -0.05) is 30.3 Å². The zero-order chi connectivity index (χ0) is 21.8. The van der Waals surface area contributed by atoms with Gasteiger partial charge in [-0.05, 0) is 37.9 Å². The number of imidazole rings is 1. The van der Waals surface area contributed by atoms with E-state index in [1.54, 1.807) is 10.9 Å². The van der Waals surface area contributed by atoms with Gasteiger partial charge >= 0.3 is 0 Å². The molecule has 2 saturated heterocycles. The van der Waals surface area contributed by atoms with Gasteiger partial charge in [0.1, 0.15) is 18.3 Å². The number of rotatable bonds is 5. The second kappa shape index (κ2) is 7.68. The molecule has 31 heavy (non-hydrogen) atoms. The van der Waals surface area contributed by atoms with Crippen LogP contribution in [0.1, 0.15) is 38.6 Å². The summed E-state index contributed by atoms with van der Waals surface area (Å²) in [6.07, 6.45) is -0.264. The van der Waals surface area contributed by atoms with Crippen LogP contribution in [0.3, 0.4) is 0 Å². The third kappa shape index (κ3) is 3.66. The maximum atomic E-state index is 9.77. The second-order valence-corrected chi connectivity index (χ2v) is 8.59. The first-order chi connectivity index (χ1) is 14.9. The van der Waals surface area contributed by atoms with Gasteiger partial charge in [-0.2, -0.15) is 9.97 Å². The van der Waals surface area contributed by atoms with Gasteiger partial charge in [0, 0.05) is 0 Å². The highest BCUT2D eigenvalue weighted by atomic mass is 35.5. The molecule has 164 valence electrons. The zero-order valence-corrected chi connectivity index (χ0v) is 18.2. The van der Waals surface area contributed by atoms with Crippen molar-refractivity contribution in [3.63, 3.8) is 0 Å². The van der Waals surface area contributed by atoms with Gasteiger partial charge in [0.15, 0.2) is 29.0 Å². The second-order valence-electron chi connectivity index (χ2n) is 8.25. The average molecular weight is 446 g/mol. The van der Waals surface area contributed by atoms with Gasteiger partial charge in [0.2, 0.25) is 5.28 Å². The molecule has 2 aromatic heterocycles. The number of nitrogens with one attached hydrogen (secondary N) is 1. The quantitative estimate of drug-likeness (QED) is 0.577. The van der Waals surface area contributed by atoms with E-state index in [0.717, 1.165) is 5.56 Å². The monoisotopic (exact) mass is 445 g/mol. The fourth-order valence-electron chi connectivity index (χ4n) is 4.24. The van der Waals surface area contributed by atoms with Gasteiger partial charge in [0.05, 0.1) is 19.0 Å². The van der Waals surface area contributed by atoms with Crippen molar-refractivity contribution in [3.8, 4) is 0 Å². The predicted molar refractivity (Wildman–Crippen MR) is 114 cm³/mol. The number of halogens is 1. The van der Waals surface area contributed by atoms with Crippen molar-refractivity contribution in [1.82, 2.24) is 19.5 Å². The Bertz CT molecular complexity index is 1090. The number of hydrogen-bond donors (Lipinski definition) is 2. The fourth-order valence-corrected chi connectivity index (χ4v) is 4.40. The number of ether oxygens (including phenoxy) is 3. The normalized spacial score (nSPS) is 28.0. The maximum Gasteiger partial charge on any atom is 0.226 e. The summed E-state index contributed by atoms with van der Waals surface area (Å²) in [5.74, 6) is -0.242. The van der Waals surface area contributed by atoms with Crippen LogP contribution in [0.15, 0.2) is 36.7 Å². The van der Waals surface area contributed by atoms with E-state index < -0.39 is 30.3 Å². The molecule has 5 atom stereocenters. The minimum atomic E-state index is -0.772. The molecule has 0 amide bonds. The SMILES string of the molecule is CC(Nc1nc(Cl)nc2c1ncn2[C@@H]1O[C@H](CO)[C@H]2OC(C)(C)O[C@H]21)c1ccccc1. The van der Waals surface area contributed by atoms with Crippen molar-refractivity contribution < 1.29 is 19.3 Å². The zero-order valence-electron chi connectivity index (χ0n) is 17.4. The Morgan fingerprint density at radius 2 is 1.94 bits per heavy atom. The fraction of sp³-hybridized carbons (Fsp3) is 0.476. The van der Waals surface area contributed by atoms with Crippen LogP contribution in [0.2, 0.25) is 5.28 Å². The molecule has 0 spiro atoms. The number of hydrogen-bond acceptors (Lipinski definition) is 8. The summed E-state index contributed by atoms with van der Waals surface area (Å²) in [6.45, 7) is 5.54. The lowest BCUT2D eigenvalue weighted by Gasteiger charge is -2.24.